The Hall–Kier alpha value is -3.39. The maximum atomic E-state index is 12.1. The molecule has 154 valence electrons. The number of hydrogen-bond acceptors (Lipinski definition) is 6. The van der Waals surface area contributed by atoms with E-state index in [1.54, 1.807) is 37.8 Å². The Bertz CT molecular complexity index is 1190. The van der Waals surface area contributed by atoms with Crippen molar-refractivity contribution in [3.05, 3.63) is 65.6 Å². The van der Waals surface area contributed by atoms with E-state index in [1.165, 1.54) is 4.73 Å². The number of aromatic nitrogens is 5. The van der Waals surface area contributed by atoms with Crippen molar-refractivity contribution in [3.8, 4) is 11.3 Å². The molecule has 0 saturated carbocycles. The molecule has 0 aliphatic rings. The number of benzene rings is 1. The van der Waals surface area contributed by atoms with Crippen LogP contribution in [0, 0.1) is 0 Å². The molecule has 0 atom stereocenters. The quantitative estimate of drug-likeness (QED) is 0.452. The van der Waals surface area contributed by atoms with E-state index in [2.05, 4.69) is 15.3 Å². The van der Waals surface area contributed by atoms with Crippen LogP contribution in [0.3, 0.4) is 0 Å². The number of fused-ring (bicyclic) bond motifs is 1. The molecule has 4 aromatic rings. The Balaban J connectivity index is 1.62. The highest BCUT2D eigenvalue weighted by Crippen LogP contribution is 2.27. The van der Waals surface area contributed by atoms with Crippen LogP contribution in [-0.2, 0) is 11.3 Å². The molecule has 9 heteroatoms. The van der Waals surface area contributed by atoms with Crippen molar-refractivity contribution in [1.82, 2.24) is 24.7 Å². The fraction of sp³-hybridized carbons (Fsp3) is 0.238. The van der Waals surface area contributed by atoms with Gasteiger partial charge in [-0.3, -0.25) is 4.84 Å². The highest BCUT2D eigenvalue weighted by molar-refractivity contribution is 6.30. The first-order valence-electron chi connectivity index (χ1n) is 9.31. The number of carbonyl (C=O) groups excluding carboxylic acids is 1. The Labute approximate surface area is 177 Å². The van der Waals surface area contributed by atoms with Crippen molar-refractivity contribution in [2.75, 3.05) is 0 Å². The summed E-state index contributed by atoms with van der Waals surface area (Å²) in [5.74, 6) is 0. The number of rotatable bonds is 4. The van der Waals surface area contributed by atoms with Crippen LogP contribution >= 0.6 is 11.6 Å². The molecular weight excluding hydrogens is 406 g/mol. The summed E-state index contributed by atoms with van der Waals surface area (Å²) < 4.78 is 8.25. The third-order valence-corrected chi connectivity index (χ3v) is 4.42. The van der Waals surface area contributed by atoms with E-state index in [0.29, 0.717) is 22.9 Å². The lowest BCUT2D eigenvalue weighted by molar-refractivity contribution is -0.00894. The number of nitrogens with zero attached hydrogens (tertiary/aromatic N) is 5. The van der Waals surface area contributed by atoms with Gasteiger partial charge in [-0.15, -0.1) is 5.10 Å². The van der Waals surface area contributed by atoms with Crippen molar-refractivity contribution in [1.29, 1.82) is 0 Å². The van der Waals surface area contributed by atoms with E-state index < -0.39 is 11.8 Å². The second-order valence-corrected chi connectivity index (χ2v) is 8.16. The molecule has 4 rings (SSSR count). The highest BCUT2D eigenvalue weighted by atomic mass is 35.5. The van der Waals surface area contributed by atoms with Crippen LogP contribution in [0.4, 0.5) is 4.79 Å². The van der Waals surface area contributed by atoms with Crippen LogP contribution in [-0.4, -0.2) is 36.5 Å². The first-order valence-corrected chi connectivity index (χ1v) is 9.69. The van der Waals surface area contributed by atoms with Gasteiger partial charge in [0.25, 0.3) is 0 Å². The summed E-state index contributed by atoms with van der Waals surface area (Å²) in [5.41, 5.74) is 2.23. The average molecular weight is 426 g/mol. The van der Waals surface area contributed by atoms with Crippen molar-refractivity contribution in [2.24, 2.45) is 0 Å². The van der Waals surface area contributed by atoms with Gasteiger partial charge >= 0.3 is 6.16 Å². The van der Waals surface area contributed by atoms with Gasteiger partial charge in [0, 0.05) is 22.2 Å². The van der Waals surface area contributed by atoms with Crippen molar-refractivity contribution < 1.29 is 14.4 Å². The summed E-state index contributed by atoms with van der Waals surface area (Å²) in [6.07, 6.45) is 4.29. The first-order chi connectivity index (χ1) is 14.3. The Morgan fingerprint density at radius 1 is 1.13 bits per heavy atom. The van der Waals surface area contributed by atoms with Crippen LogP contribution in [0.15, 0.2) is 55.0 Å². The predicted molar refractivity (Wildman–Crippen MR) is 112 cm³/mol. The van der Waals surface area contributed by atoms with Gasteiger partial charge in [0.15, 0.2) is 5.65 Å². The second-order valence-electron chi connectivity index (χ2n) is 7.73. The summed E-state index contributed by atoms with van der Waals surface area (Å²) >= 11 is 5.94. The zero-order valence-corrected chi connectivity index (χ0v) is 17.5. The number of ether oxygens (including phenoxy) is 1. The minimum absolute atomic E-state index is 0.477. The molecule has 3 aromatic heterocycles. The minimum Gasteiger partial charge on any atom is -0.427 e. The van der Waals surface area contributed by atoms with Gasteiger partial charge in [0.2, 0.25) is 0 Å². The van der Waals surface area contributed by atoms with Gasteiger partial charge < -0.3 is 4.74 Å². The zero-order valence-electron chi connectivity index (χ0n) is 16.7. The standard InChI is InChI=1S/C21H20ClN5O3/c1-21(2,3)29-20(28)30-27-12-17(16-5-4-10-23-19(16)27)18-13-26(25-24-18)11-14-6-8-15(22)9-7-14/h4-10,12-13H,11H2,1-3H3. The van der Waals surface area contributed by atoms with Crippen LogP contribution in [0.1, 0.15) is 26.3 Å². The van der Waals surface area contributed by atoms with Crippen LogP contribution < -0.4 is 4.84 Å². The van der Waals surface area contributed by atoms with Gasteiger partial charge in [-0.1, -0.05) is 28.9 Å². The third kappa shape index (κ3) is 4.44. The SMILES string of the molecule is CC(C)(C)OC(=O)On1cc(-c2cn(Cc3ccc(Cl)cc3)nn2)c2cccnc21. The van der Waals surface area contributed by atoms with Crippen molar-refractivity contribution in [2.45, 2.75) is 32.9 Å². The molecule has 0 fully saturated rings. The molecule has 1 aromatic carbocycles. The lowest BCUT2D eigenvalue weighted by Crippen LogP contribution is -2.29. The summed E-state index contributed by atoms with van der Waals surface area (Å²) in [6, 6.07) is 11.2. The van der Waals surface area contributed by atoms with Crippen LogP contribution in [0.5, 0.6) is 0 Å². The van der Waals surface area contributed by atoms with Gasteiger partial charge in [0.05, 0.1) is 18.9 Å². The summed E-state index contributed by atoms with van der Waals surface area (Å²) in [4.78, 5) is 21.8. The number of pyridine rings is 1. The molecule has 0 spiro atoms. The summed E-state index contributed by atoms with van der Waals surface area (Å²) in [5, 5.41) is 9.94. The molecule has 0 aliphatic heterocycles. The Morgan fingerprint density at radius 2 is 1.90 bits per heavy atom. The van der Waals surface area contributed by atoms with E-state index >= 15 is 0 Å². The predicted octanol–water partition coefficient (Wildman–Crippen LogP) is 4.36. The normalized spacial score (nSPS) is 11.6. The van der Waals surface area contributed by atoms with E-state index in [9.17, 15) is 4.79 Å². The molecule has 0 unspecified atom stereocenters. The molecule has 0 radical (unpaired) electrons. The maximum absolute atomic E-state index is 12.1. The summed E-state index contributed by atoms with van der Waals surface area (Å²) in [7, 11) is 0. The molecule has 0 saturated heterocycles. The van der Waals surface area contributed by atoms with Crippen molar-refractivity contribution in [3.63, 3.8) is 0 Å². The lowest BCUT2D eigenvalue weighted by Gasteiger charge is -2.18. The lowest BCUT2D eigenvalue weighted by atomic mass is 10.2. The molecule has 0 aliphatic carbocycles. The topological polar surface area (TPSA) is 84.1 Å². The molecule has 0 amide bonds. The second kappa shape index (κ2) is 7.79. The monoisotopic (exact) mass is 425 g/mol. The molecule has 8 nitrogen and oxygen atoms in total. The minimum atomic E-state index is -0.817. The number of carbonyl (C=O) groups is 1. The van der Waals surface area contributed by atoms with E-state index in [0.717, 1.165) is 16.5 Å². The highest BCUT2D eigenvalue weighted by Gasteiger charge is 2.21. The molecule has 30 heavy (non-hydrogen) atoms. The Morgan fingerprint density at radius 3 is 2.63 bits per heavy atom. The van der Waals surface area contributed by atoms with Gasteiger partial charge in [0.1, 0.15) is 11.3 Å². The van der Waals surface area contributed by atoms with E-state index in [4.69, 9.17) is 21.2 Å². The van der Waals surface area contributed by atoms with Crippen LogP contribution in [0.2, 0.25) is 5.02 Å². The zero-order chi connectivity index (χ0) is 21.3. The molecular formula is C21H20ClN5O3. The van der Waals surface area contributed by atoms with Gasteiger partial charge in [-0.25, -0.2) is 14.5 Å². The first kappa shape index (κ1) is 19.9. The smallest absolute Gasteiger partial charge is 0.427 e. The fourth-order valence-electron chi connectivity index (χ4n) is 2.93. The molecule has 0 bridgehead atoms. The largest absolute Gasteiger partial charge is 0.534 e. The van der Waals surface area contributed by atoms with Gasteiger partial charge in [-0.2, -0.15) is 4.73 Å². The molecule has 0 N–H and O–H groups in total. The maximum Gasteiger partial charge on any atom is 0.534 e. The number of halogens is 1. The van der Waals surface area contributed by atoms with E-state index in [1.807, 2.05) is 42.6 Å². The molecule has 3 heterocycles. The van der Waals surface area contributed by atoms with E-state index in [-0.39, 0.29) is 0 Å². The van der Waals surface area contributed by atoms with Gasteiger partial charge in [-0.05, 0) is 50.6 Å². The number of hydrogen-bond donors (Lipinski definition) is 0. The fourth-order valence-corrected chi connectivity index (χ4v) is 3.06. The third-order valence-electron chi connectivity index (χ3n) is 4.17. The Kier molecular flexibility index (Phi) is 5.17. The summed E-state index contributed by atoms with van der Waals surface area (Å²) in [6.45, 7) is 5.86. The van der Waals surface area contributed by atoms with Crippen molar-refractivity contribution >= 4 is 28.8 Å². The average Bonchev–Trinajstić information content (AvgIpc) is 3.27. The van der Waals surface area contributed by atoms with Crippen LogP contribution in [0.25, 0.3) is 22.3 Å².